The van der Waals surface area contributed by atoms with Crippen LogP contribution in [0.15, 0.2) is 60.7 Å². The molecule has 0 aromatic heterocycles. The Bertz CT molecular complexity index is 764. The van der Waals surface area contributed by atoms with Crippen molar-refractivity contribution < 1.29 is 10.2 Å². The van der Waals surface area contributed by atoms with Crippen molar-refractivity contribution in [2.24, 2.45) is 0 Å². The summed E-state index contributed by atoms with van der Waals surface area (Å²) < 4.78 is 0. The minimum atomic E-state index is 0.172. The molecule has 22 heavy (non-hydrogen) atoms. The number of phenols is 2. The molecule has 0 saturated heterocycles. The van der Waals surface area contributed by atoms with Gasteiger partial charge in [-0.2, -0.15) is 0 Å². The number of benzene rings is 3. The van der Waals surface area contributed by atoms with Gasteiger partial charge in [0.1, 0.15) is 11.5 Å². The van der Waals surface area contributed by atoms with E-state index in [2.05, 4.69) is 0 Å². The third-order valence-electron chi connectivity index (χ3n) is 3.98. The third-order valence-corrected chi connectivity index (χ3v) is 3.98. The van der Waals surface area contributed by atoms with Crippen LogP contribution < -0.4 is 0 Å². The summed E-state index contributed by atoms with van der Waals surface area (Å²) >= 11 is 0. The van der Waals surface area contributed by atoms with Gasteiger partial charge in [-0.15, -0.1) is 0 Å². The standard InChI is InChI=1S/C20H18O2/c1-13-7-3-5-9-15(13)17-11-20(22)18(12-19(17)21)16-10-6-4-8-14(16)2/h3-12,21-22H,1-2H3. The van der Waals surface area contributed by atoms with E-state index in [0.717, 1.165) is 22.3 Å². The van der Waals surface area contributed by atoms with Gasteiger partial charge in [0.15, 0.2) is 0 Å². The smallest absolute Gasteiger partial charge is 0.124 e. The van der Waals surface area contributed by atoms with Gasteiger partial charge in [0.05, 0.1) is 0 Å². The van der Waals surface area contributed by atoms with Gasteiger partial charge in [-0.3, -0.25) is 0 Å². The Morgan fingerprint density at radius 1 is 0.545 bits per heavy atom. The summed E-state index contributed by atoms with van der Waals surface area (Å²) in [5.41, 5.74) is 5.25. The maximum Gasteiger partial charge on any atom is 0.124 e. The Kier molecular flexibility index (Phi) is 3.60. The monoisotopic (exact) mass is 290 g/mol. The fraction of sp³-hybridized carbons (Fsp3) is 0.100. The Morgan fingerprint density at radius 3 is 1.27 bits per heavy atom. The zero-order chi connectivity index (χ0) is 15.7. The first-order valence-corrected chi connectivity index (χ1v) is 7.26. The van der Waals surface area contributed by atoms with E-state index in [1.54, 1.807) is 12.1 Å². The highest BCUT2D eigenvalue weighted by Crippen LogP contribution is 2.41. The van der Waals surface area contributed by atoms with Crippen molar-refractivity contribution in [2.75, 3.05) is 0 Å². The van der Waals surface area contributed by atoms with Crippen LogP contribution >= 0.6 is 0 Å². The van der Waals surface area contributed by atoms with Gasteiger partial charge in [-0.1, -0.05) is 48.5 Å². The molecule has 3 rings (SSSR count). The molecule has 0 bridgehead atoms. The predicted octanol–water partition coefficient (Wildman–Crippen LogP) is 5.05. The van der Waals surface area contributed by atoms with Crippen LogP contribution in [0.1, 0.15) is 11.1 Å². The Balaban J connectivity index is 2.18. The van der Waals surface area contributed by atoms with Crippen molar-refractivity contribution in [1.29, 1.82) is 0 Å². The Labute approximate surface area is 130 Å². The van der Waals surface area contributed by atoms with Crippen molar-refractivity contribution in [3.8, 4) is 33.8 Å². The molecule has 0 atom stereocenters. The van der Waals surface area contributed by atoms with Crippen LogP contribution in [0, 0.1) is 13.8 Å². The van der Waals surface area contributed by atoms with Crippen LogP contribution in [-0.4, -0.2) is 10.2 Å². The predicted molar refractivity (Wildman–Crippen MR) is 90.1 cm³/mol. The van der Waals surface area contributed by atoms with Crippen LogP contribution in [0.5, 0.6) is 11.5 Å². The van der Waals surface area contributed by atoms with Gasteiger partial charge in [0.25, 0.3) is 0 Å². The minimum Gasteiger partial charge on any atom is -0.507 e. The van der Waals surface area contributed by atoms with Crippen molar-refractivity contribution in [3.05, 3.63) is 71.8 Å². The number of rotatable bonds is 2. The summed E-state index contributed by atoms with van der Waals surface area (Å²) in [7, 11) is 0. The molecule has 0 radical (unpaired) electrons. The molecule has 0 amide bonds. The topological polar surface area (TPSA) is 40.5 Å². The van der Waals surface area contributed by atoms with E-state index in [-0.39, 0.29) is 11.5 Å². The summed E-state index contributed by atoms with van der Waals surface area (Å²) in [5, 5.41) is 20.9. The van der Waals surface area contributed by atoms with E-state index >= 15 is 0 Å². The van der Waals surface area contributed by atoms with E-state index in [0.29, 0.717) is 11.1 Å². The van der Waals surface area contributed by atoms with E-state index in [1.165, 1.54) is 0 Å². The first-order valence-electron chi connectivity index (χ1n) is 7.26. The van der Waals surface area contributed by atoms with Crippen molar-refractivity contribution >= 4 is 0 Å². The molecule has 0 unspecified atom stereocenters. The molecule has 0 spiro atoms. The SMILES string of the molecule is Cc1ccccc1-c1cc(O)c(-c2ccccc2C)cc1O. The first kappa shape index (κ1) is 14.2. The number of hydrogen-bond donors (Lipinski definition) is 2. The van der Waals surface area contributed by atoms with Crippen molar-refractivity contribution in [2.45, 2.75) is 13.8 Å². The van der Waals surface area contributed by atoms with Crippen LogP contribution in [0.3, 0.4) is 0 Å². The maximum atomic E-state index is 10.4. The largest absolute Gasteiger partial charge is 0.507 e. The molecule has 0 aliphatic rings. The van der Waals surface area contributed by atoms with Crippen LogP contribution in [0.2, 0.25) is 0 Å². The molecule has 110 valence electrons. The maximum absolute atomic E-state index is 10.4. The quantitative estimate of drug-likeness (QED) is 0.648. The zero-order valence-electron chi connectivity index (χ0n) is 12.7. The Morgan fingerprint density at radius 2 is 0.909 bits per heavy atom. The number of phenolic OH excluding ortho intramolecular Hbond substituents is 2. The lowest BCUT2D eigenvalue weighted by Crippen LogP contribution is -1.88. The molecule has 0 fully saturated rings. The van der Waals surface area contributed by atoms with Gasteiger partial charge in [-0.05, 0) is 48.2 Å². The van der Waals surface area contributed by atoms with Crippen LogP contribution in [0.25, 0.3) is 22.3 Å². The van der Waals surface area contributed by atoms with Crippen molar-refractivity contribution in [1.82, 2.24) is 0 Å². The lowest BCUT2D eigenvalue weighted by molar-refractivity contribution is 0.463. The second-order valence-corrected chi connectivity index (χ2v) is 5.52. The second kappa shape index (κ2) is 5.57. The van der Waals surface area contributed by atoms with E-state index in [4.69, 9.17) is 0 Å². The molecule has 2 heteroatoms. The molecule has 0 saturated carbocycles. The fourth-order valence-corrected chi connectivity index (χ4v) is 2.76. The molecule has 2 N–H and O–H groups in total. The van der Waals surface area contributed by atoms with Gasteiger partial charge in [0.2, 0.25) is 0 Å². The summed E-state index contributed by atoms with van der Waals surface area (Å²) in [6.07, 6.45) is 0. The molecule has 3 aromatic carbocycles. The summed E-state index contributed by atoms with van der Waals surface area (Å²) in [6.45, 7) is 3.97. The molecule has 0 aliphatic carbocycles. The lowest BCUT2D eigenvalue weighted by atomic mass is 9.94. The molecule has 2 nitrogen and oxygen atoms in total. The van der Waals surface area contributed by atoms with Crippen molar-refractivity contribution in [3.63, 3.8) is 0 Å². The second-order valence-electron chi connectivity index (χ2n) is 5.52. The number of aryl methyl sites for hydroxylation is 2. The lowest BCUT2D eigenvalue weighted by Gasteiger charge is -2.13. The highest BCUT2D eigenvalue weighted by atomic mass is 16.3. The molecule has 0 heterocycles. The van der Waals surface area contributed by atoms with E-state index in [9.17, 15) is 10.2 Å². The summed E-state index contributed by atoms with van der Waals surface area (Å²) in [5.74, 6) is 0.343. The average Bonchev–Trinajstić information content (AvgIpc) is 2.51. The fourth-order valence-electron chi connectivity index (χ4n) is 2.76. The molecular formula is C20H18O2. The summed E-state index contributed by atoms with van der Waals surface area (Å²) in [6, 6.07) is 18.9. The highest BCUT2D eigenvalue weighted by Gasteiger charge is 2.14. The van der Waals surface area contributed by atoms with Gasteiger partial charge < -0.3 is 10.2 Å². The van der Waals surface area contributed by atoms with Crippen LogP contribution in [-0.2, 0) is 0 Å². The number of hydrogen-bond acceptors (Lipinski definition) is 2. The number of aromatic hydroxyl groups is 2. The molecule has 0 aliphatic heterocycles. The summed E-state index contributed by atoms with van der Waals surface area (Å²) in [4.78, 5) is 0. The third kappa shape index (κ3) is 2.44. The van der Waals surface area contributed by atoms with Gasteiger partial charge in [-0.25, -0.2) is 0 Å². The van der Waals surface area contributed by atoms with E-state index < -0.39 is 0 Å². The zero-order valence-corrected chi connectivity index (χ0v) is 12.7. The van der Waals surface area contributed by atoms with Crippen LogP contribution in [0.4, 0.5) is 0 Å². The van der Waals surface area contributed by atoms with Gasteiger partial charge >= 0.3 is 0 Å². The Hall–Kier alpha value is -2.74. The average molecular weight is 290 g/mol. The van der Waals surface area contributed by atoms with Gasteiger partial charge in [0, 0.05) is 11.1 Å². The minimum absolute atomic E-state index is 0.172. The first-order chi connectivity index (χ1) is 10.6. The molecule has 3 aromatic rings. The van der Waals surface area contributed by atoms with E-state index in [1.807, 2.05) is 62.4 Å². The highest BCUT2D eigenvalue weighted by molar-refractivity contribution is 5.82. The normalized spacial score (nSPS) is 10.6. The molecular weight excluding hydrogens is 272 g/mol.